The molecule has 19 heavy (non-hydrogen) atoms. The third-order valence-electron chi connectivity index (χ3n) is 3.33. The number of carbonyl (C=O) groups is 1. The molecule has 0 bridgehead atoms. The molecule has 1 aromatic heterocycles. The number of aromatic nitrogens is 2. The van der Waals surface area contributed by atoms with Crippen LogP contribution < -0.4 is 10.6 Å². The molecule has 1 aromatic rings. The Bertz CT molecular complexity index is 427. The maximum absolute atomic E-state index is 12.0. The third-order valence-corrected chi connectivity index (χ3v) is 3.33. The van der Waals surface area contributed by atoms with E-state index in [1.54, 1.807) is 6.33 Å². The van der Waals surface area contributed by atoms with E-state index in [1.165, 1.54) is 5.69 Å². The van der Waals surface area contributed by atoms with Gasteiger partial charge in [-0.1, -0.05) is 0 Å². The van der Waals surface area contributed by atoms with Gasteiger partial charge in [-0.2, -0.15) is 0 Å². The van der Waals surface area contributed by atoms with Crippen LogP contribution in [-0.4, -0.2) is 34.1 Å². The third kappa shape index (κ3) is 4.06. The second kappa shape index (κ2) is 5.74. The van der Waals surface area contributed by atoms with Crippen LogP contribution in [0.1, 0.15) is 45.2 Å². The Morgan fingerprint density at radius 2 is 2.16 bits per heavy atom. The Kier molecular flexibility index (Phi) is 4.24. The van der Waals surface area contributed by atoms with Crippen LogP contribution in [0.5, 0.6) is 0 Å². The smallest absolute Gasteiger partial charge is 0.240 e. The van der Waals surface area contributed by atoms with Crippen molar-refractivity contribution >= 4 is 5.91 Å². The van der Waals surface area contributed by atoms with Gasteiger partial charge < -0.3 is 15.2 Å². The molecule has 1 aliphatic heterocycles. The van der Waals surface area contributed by atoms with Gasteiger partial charge in [-0.3, -0.25) is 4.79 Å². The largest absolute Gasteiger partial charge is 0.350 e. The lowest BCUT2D eigenvalue weighted by Crippen LogP contribution is -2.42. The fourth-order valence-electron chi connectivity index (χ4n) is 2.53. The van der Waals surface area contributed by atoms with Gasteiger partial charge in [-0.25, -0.2) is 4.98 Å². The first kappa shape index (κ1) is 14.1. The number of rotatable bonds is 3. The molecule has 1 aliphatic rings. The number of hydrogen-bond donors (Lipinski definition) is 2. The van der Waals surface area contributed by atoms with Crippen LogP contribution in [0.25, 0.3) is 0 Å². The van der Waals surface area contributed by atoms with Crippen molar-refractivity contribution in [1.29, 1.82) is 0 Å². The van der Waals surface area contributed by atoms with Crippen molar-refractivity contribution in [2.24, 2.45) is 0 Å². The van der Waals surface area contributed by atoms with Gasteiger partial charge in [0, 0.05) is 23.3 Å². The van der Waals surface area contributed by atoms with Crippen molar-refractivity contribution in [2.45, 2.75) is 51.6 Å². The molecule has 1 fully saturated rings. The predicted molar refractivity (Wildman–Crippen MR) is 75.0 cm³/mol. The van der Waals surface area contributed by atoms with Gasteiger partial charge in [-0.05, 0) is 46.7 Å². The Morgan fingerprint density at radius 3 is 2.79 bits per heavy atom. The molecule has 1 amide bonds. The number of hydrogen-bond acceptors (Lipinski definition) is 3. The summed E-state index contributed by atoms with van der Waals surface area (Å²) in [6, 6.07) is 0. The molecule has 0 unspecified atom stereocenters. The lowest BCUT2D eigenvalue weighted by molar-refractivity contribution is -0.123. The van der Waals surface area contributed by atoms with Gasteiger partial charge in [0.05, 0.1) is 6.33 Å². The molecule has 0 aliphatic carbocycles. The molecule has 0 radical (unpaired) electrons. The van der Waals surface area contributed by atoms with Gasteiger partial charge in [0.2, 0.25) is 5.91 Å². The van der Waals surface area contributed by atoms with Crippen molar-refractivity contribution < 1.29 is 4.79 Å². The van der Waals surface area contributed by atoms with Gasteiger partial charge in [0.1, 0.15) is 6.54 Å². The Labute approximate surface area is 114 Å². The highest BCUT2D eigenvalue weighted by atomic mass is 16.2. The second-order valence-electron chi connectivity index (χ2n) is 6.27. The minimum absolute atomic E-state index is 0.0423. The van der Waals surface area contributed by atoms with E-state index in [-0.39, 0.29) is 11.4 Å². The minimum atomic E-state index is -0.188. The second-order valence-corrected chi connectivity index (χ2v) is 6.27. The van der Waals surface area contributed by atoms with Crippen LogP contribution in [-0.2, 0) is 11.3 Å². The number of nitrogens with one attached hydrogen (secondary N) is 2. The summed E-state index contributed by atoms with van der Waals surface area (Å²) in [4.78, 5) is 16.2. The molecule has 5 heteroatoms. The summed E-state index contributed by atoms with van der Waals surface area (Å²) < 4.78 is 1.98. The average Bonchev–Trinajstić information content (AvgIpc) is 2.75. The normalized spacial score (nSPS) is 17.4. The lowest BCUT2D eigenvalue weighted by Gasteiger charge is -2.24. The molecule has 5 nitrogen and oxygen atoms in total. The molecule has 2 heterocycles. The van der Waals surface area contributed by atoms with E-state index < -0.39 is 0 Å². The van der Waals surface area contributed by atoms with E-state index in [9.17, 15) is 4.79 Å². The molecule has 2 N–H and O–H groups in total. The van der Waals surface area contributed by atoms with Crippen molar-refractivity contribution in [3.05, 3.63) is 18.2 Å². The Hall–Kier alpha value is -1.36. The van der Waals surface area contributed by atoms with Crippen LogP contribution in [0.4, 0.5) is 0 Å². The van der Waals surface area contributed by atoms with E-state index in [4.69, 9.17) is 0 Å². The SMILES string of the molecule is CC(C)(C)NC(=O)Cn1cncc1C1CCNCC1. The van der Waals surface area contributed by atoms with Gasteiger partial charge in [0.25, 0.3) is 0 Å². The number of piperidine rings is 1. The average molecular weight is 264 g/mol. The molecule has 106 valence electrons. The summed E-state index contributed by atoms with van der Waals surface area (Å²) in [5, 5.41) is 6.35. The zero-order valence-electron chi connectivity index (χ0n) is 12.1. The topological polar surface area (TPSA) is 59.0 Å². The number of amides is 1. The highest BCUT2D eigenvalue weighted by Gasteiger charge is 2.20. The highest BCUT2D eigenvalue weighted by Crippen LogP contribution is 2.24. The highest BCUT2D eigenvalue weighted by molar-refractivity contribution is 5.76. The van der Waals surface area contributed by atoms with Crippen molar-refractivity contribution in [3.63, 3.8) is 0 Å². The zero-order chi connectivity index (χ0) is 13.9. The molecular weight excluding hydrogens is 240 g/mol. The van der Waals surface area contributed by atoms with Crippen LogP contribution in [0.3, 0.4) is 0 Å². The fraction of sp³-hybridized carbons (Fsp3) is 0.714. The standard InChI is InChI=1S/C14H24N4O/c1-14(2,3)17-13(19)9-18-10-16-8-12(18)11-4-6-15-7-5-11/h8,10-11,15H,4-7,9H2,1-3H3,(H,17,19). The molecular formula is C14H24N4O. The number of imidazole rings is 1. The summed E-state index contributed by atoms with van der Waals surface area (Å²) in [5.74, 6) is 0.562. The van der Waals surface area contributed by atoms with Gasteiger partial charge in [-0.15, -0.1) is 0 Å². The molecule has 0 spiro atoms. The van der Waals surface area contributed by atoms with Crippen molar-refractivity contribution in [3.8, 4) is 0 Å². The van der Waals surface area contributed by atoms with E-state index in [0.29, 0.717) is 12.5 Å². The van der Waals surface area contributed by atoms with E-state index in [0.717, 1.165) is 25.9 Å². The summed E-state index contributed by atoms with van der Waals surface area (Å²) >= 11 is 0. The van der Waals surface area contributed by atoms with Crippen LogP contribution in [0, 0.1) is 0 Å². The first-order chi connectivity index (χ1) is 8.96. The maximum atomic E-state index is 12.0. The molecule has 0 atom stereocenters. The fourth-order valence-corrected chi connectivity index (χ4v) is 2.53. The first-order valence-corrected chi connectivity index (χ1v) is 6.97. The summed E-state index contributed by atoms with van der Waals surface area (Å²) in [5.41, 5.74) is 0.998. The van der Waals surface area contributed by atoms with Gasteiger partial charge >= 0.3 is 0 Å². The van der Waals surface area contributed by atoms with E-state index in [2.05, 4.69) is 15.6 Å². The molecule has 2 rings (SSSR count). The number of carbonyl (C=O) groups excluding carboxylic acids is 1. The van der Waals surface area contributed by atoms with Crippen LogP contribution in [0.2, 0.25) is 0 Å². The lowest BCUT2D eigenvalue weighted by atomic mass is 9.95. The van der Waals surface area contributed by atoms with Crippen LogP contribution in [0.15, 0.2) is 12.5 Å². The first-order valence-electron chi connectivity index (χ1n) is 6.97. The number of nitrogens with zero attached hydrogens (tertiary/aromatic N) is 2. The Morgan fingerprint density at radius 1 is 1.47 bits per heavy atom. The monoisotopic (exact) mass is 264 g/mol. The molecule has 1 saturated heterocycles. The minimum Gasteiger partial charge on any atom is -0.350 e. The molecule has 0 aromatic carbocycles. The van der Waals surface area contributed by atoms with Crippen molar-refractivity contribution in [2.75, 3.05) is 13.1 Å². The van der Waals surface area contributed by atoms with E-state index >= 15 is 0 Å². The van der Waals surface area contributed by atoms with Crippen LogP contribution >= 0.6 is 0 Å². The Balaban J connectivity index is 2.01. The van der Waals surface area contributed by atoms with E-state index in [1.807, 2.05) is 31.5 Å². The van der Waals surface area contributed by atoms with Crippen molar-refractivity contribution in [1.82, 2.24) is 20.2 Å². The summed E-state index contributed by atoms with van der Waals surface area (Å²) in [6.45, 7) is 8.43. The maximum Gasteiger partial charge on any atom is 0.240 e. The predicted octanol–water partition coefficient (Wildman–Crippen LogP) is 1.26. The quantitative estimate of drug-likeness (QED) is 0.864. The molecule has 0 saturated carbocycles. The summed E-state index contributed by atoms with van der Waals surface area (Å²) in [6.07, 6.45) is 5.90. The summed E-state index contributed by atoms with van der Waals surface area (Å²) in [7, 11) is 0. The zero-order valence-corrected chi connectivity index (χ0v) is 12.1. The van der Waals surface area contributed by atoms with Gasteiger partial charge in [0.15, 0.2) is 0 Å².